The van der Waals surface area contributed by atoms with Gasteiger partial charge in [-0.25, -0.2) is 0 Å². The molecule has 21 heavy (non-hydrogen) atoms. The number of rotatable bonds is 4. The number of carboxylic acids is 1. The molecule has 0 aromatic heterocycles. The summed E-state index contributed by atoms with van der Waals surface area (Å²) in [4.78, 5) is 25.5. The molecule has 1 aliphatic carbocycles. The van der Waals surface area contributed by atoms with Crippen molar-refractivity contribution in [2.24, 2.45) is 0 Å². The molecule has 0 aliphatic heterocycles. The van der Waals surface area contributed by atoms with Crippen LogP contribution in [-0.2, 0) is 4.79 Å². The summed E-state index contributed by atoms with van der Waals surface area (Å²) in [6.45, 7) is 0. The van der Waals surface area contributed by atoms with Crippen LogP contribution in [0.5, 0.6) is 0 Å². The van der Waals surface area contributed by atoms with Crippen LogP contribution in [0.4, 0.5) is 0 Å². The first-order chi connectivity index (χ1) is 9.94. The molecule has 0 saturated heterocycles. The molecule has 1 saturated carbocycles. The van der Waals surface area contributed by atoms with Crippen LogP contribution in [0.15, 0.2) is 24.3 Å². The van der Waals surface area contributed by atoms with Crippen molar-refractivity contribution in [2.75, 3.05) is 7.05 Å². The Labute approximate surface area is 129 Å². The Bertz CT molecular complexity index is 538. The fraction of sp³-hybridized carbons (Fsp3) is 0.500. The number of hydrogen-bond donors (Lipinski definition) is 1. The van der Waals surface area contributed by atoms with E-state index in [-0.39, 0.29) is 12.3 Å². The quantitative estimate of drug-likeness (QED) is 0.924. The van der Waals surface area contributed by atoms with Gasteiger partial charge in [-0.2, -0.15) is 0 Å². The Morgan fingerprint density at radius 3 is 2.52 bits per heavy atom. The Morgan fingerprint density at radius 1 is 1.29 bits per heavy atom. The van der Waals surface area contributed by atoms with Crippen LogP contribution in [0.2, 0.25) is 5.02 Å². The lowest BCUT2D eigenvalue weighted by molar-refractivity contribution is -0.140. The van der Waals surface area contributed by atoms with Crippen LogP contribution in [0.25, 0.3) is 0 Å². The van der Waals surface area contributed by atoms with E-state index in [0.717, 1.165) is 32.1 Å². The van der Waals surface area contributed by atoms with Crippen LogP contribution in [0.1, 0.15) is 48.9 Å². The molecule has 0 bridgehead atoms. The van der Waals surface area contributed by atoms with Crippen LogP contribution in [0, 0.1) is 0 Å². The van der Waals surface area contributed by atoms with Crippen LogP contribution >= 0.6 is 11.6 Å². The minimum absolute atomic E-state index is 0.00416. The van der Waals surface area contributed by atoms with Crippen molar-refractivity contribution in [3.05, 3.63) is 34.9 Å². The second-order valence-electron chi connectivity index (χ2n) is 5.73. The lowest BCUT2D eigenvalue weighted by atomic mass is 9.78. The Hall–Kier alpha value is -1.55. The second-order valence-corrected chi connectivity index (χ2v) is 6.17. The highest BCUT2D eigenvalue weighted by Crippen LogP contribution is 2.36. The van der Waals surface area contributed by atoms with Crippen LogP contribution < -0.4 is 0 Å². The summed E-state index contributed by atoms with van der Waals surface area (Å²) in [6.07, 6.45) is 4.49. The average molecular weight is 310 g/mol. The van der Waals surface area contributed by atoms with Crippen molar-refractivity contribution >= 4 is 23.5 Å². The summed E-state index contributed by atoms with van der Waals surface area (Å²) in [5.41, 5.74) is -0.0796. The van der Waals surface area contributed by atoms with Gasteiger partial charge in [0.2, 0.25) is 0 Å². The third-order valence-electron chi connectivity index (χ3n) is 4.35. The molecule has 0 spiro atoms. The summed E-state index contributed by atoms with van der Waals surface area (Å²) in [5, 5.41) is 9.72. The second kappa shape index (κ2) is 6.48. The zero-order chi connectivity index (χ0) is 15.5. The minimum atomic E-state index is -0.859. The van der Waals surface area contributed by atoms with Gasteiger partial charge in [0, 0.05) is 17.6 Å². The molecule has 0 unspecified atom stereocenters. The molecule has 0 atom stereocenters. The number of amides is 1. The fourth-order valence-corrected chi connectivity index (χ4v) is 3.34. The van der Waals surface area contributed by atoms with Crippen molar-refractivity contribution < 1.29 is 14.7 Å². The number of carboxylic acid groups (broad SMARTS) is 1. The van der Waals surface area contributed by atoms with Gasteiger partial charge < -0.3 is 10.0 Å². The van der Waals surface area contributed by atoms with Crippen LogP contribution in [-0.4, -0.2) is 34.5 Å². The van der Waals surface area contributed by atoms with E-state index < -0.39 is 11.5 Å². The van der Waals surface area contributed by atoms with Crippen LogP contribution in [0.3, 0.4) is 0 Å². The van der Waals surface area contributed by atoms with Crippen molar-refractivity contribution in [1.82, 2.24) is 4.90 Å². The van der Waals surface area contributed by atoms with Gasteiger partial charge in [-0.3, -0.25) is 9.59 Å². The Morgan fingerprint density at radius 2 is 1.95 bits per heavy atom. The number of carbonyl (C=O) groups excluding carboxylic acids is 1. The standard InChI is InChI=1S/C16H20ClNO3/c1-18(15(21)12-6-5-7-13(17)10-12)16(11-14(19)20)8-3-2-4-9-16/h5-7,10H,2-4,8-9,11H2,1H3,(H,19,20). The molecule has 114 valence electrons. The number of carbonyl (C=O) groups is 2. The third-order valence-corrected chi connectivity index (χ3v) is 4.59. The molecule has 2 rings (SSSR count). The van der Waals surface area contributed by atoms with Crippen molar-refractivity contribution in [3.8, 4) is 0 Å². The van der Waals surface area contributed by atoms with Gasteiger partial charge in [-0.05, 0) is 31.0 Å². The highest BCUT2D eigenvalue weighted by atomic mass is 35.5. The van der Waals surface area contributed by atoms with Gasteiger partial charge >= 0.3 is 5.97 Å². The number of benzene rings is 1. The van der Waals surface area contributed by atoms with Gasteiger partial charge in [-0.1, -0.05) is 36.9 Å². The molecule has 5 heteroatoms. The maximum Gasteiger partial charge on any atom is 0.305 e. The highest BCUT2D eigenvalue weighted by molar-refractivity contribution is 6.30. The minimum Gasteiger partial charge on any atom is -0.481 e. The Balaban J connectivity index is 2.27. The molecule has 1 amide bonds. The predicted molar refractivity (Wildman–Crippen MR) is 81.6 cm³/mol. The molecule has 4 nitrogen and oxygen atoms in total. The van der Waals surface area contributed by atoms with Gasteiger partial charge in [0.05, 0.1) is 12.0 Å². The molecular weight excluding hydrogens is 290 g/mol. The summed E-state index contributed by atoms with van der Waals surface area (Å²) in [5.74, 6) is -1.02. The van der Waals surface area contributed by atoms with Gasteiger partial charge in [0.25, 0.3) is 5.91 Å². The fourth-order valence-electron chi connectivity index (χ4n) is 3.15. The average Bonchev–Trinajstić information content (AvgIpc) is 2.46. The first-order valence-corrected chi connectivity index (χ1v) is 7.58. The van der Waals surface area contributed by atoms with E-state index in [1.165, 1.54) is 0 Å². The number of aliphatic carboxylic acids is 1. The van der Waals surface area contributed by atoms with Crippen molar-refractivity contribution in [2.45, 2.75) is 44.1 Å². The normalized spacial score (nSPS) is 17.2. The predicted octanol–water partition coefficient (Wildman–Crippen LogP) is 3.59. The summed E-state index contributed by atoms with van der Waals surface area (Å²) < 4.78 is 0. The van der Waals surface area contributed by atoms with E-state index >= 15 is 0 Å². The maximum absolute atomic E-state index is 12.7. The largest absolute Gasteiger partial charge is 0.481 e. The lowest BCUT2D eigenvalue weighted by Crippen LogP contribution is -2.52. The van der Waals surface area contributed by atoms with E-state index in [2.05, 4.69) is 0 Å². The molecule has 1 aliphatic rings. The molecule has 1 aromatic carbocycles. The number of nitrogens with zero attached hydrogens (tertiary/aromatic N) is 1. The smallest absolute Gasteiger partial charge is 0.305 e. The Kier molecular flexibility index (Phi) is 4.88. The summed E-state index contributed by atoms with van der Waals surface area (Å²) in [6, 6.07) is 6.78. The molecule has 0 heterocycles. The molecule has 0 radical (unpaired) electrons. The molecule has 1 N–H and O–H groups in total. The summed E-state index contributed by atoms with van der Waals surface area (Å²) >= 11 is 5.93. The first kappa shape index (κ1) is 15.8. The topological polar surface area (TPSA) is 57.6 Å². The van der Waals surface area contributed by atoms with Gasteiger partial charge in [-0.15, -0.1) is 0 Å². The number of hydrogen-bond acceptors (Lipinski definition) is 2. The van der Waals surface area contributed by atoms with E-state index in [0.29, 0.717) is 10.6 Å². The third kappa shape index (κ3) is 3.56. The summed E-state index contributed by atoms with van der Waals surface area (Å²) in [7, 11) is 1.71. The van der Waals surface area contributed by atoms with E-state index in [9.17, 15) is 14.7 Å². The molecule has 1 fully saturated rings. The SMILES string of the molecule is CN(C(=O)c1cccc(Cl)c1)C1(CC(=O)O)CCCCC1. The maximum atomic E-state index is 12.7. The van der Waals surface area contributed by atoms with E-state index in [4.69, 9.17) is 11.6 Å². The van der Waals surface area contributed by atoms with E-state index in [1.807, 2.05) is 0 Å². The number of halogens is 1. The van der Waals surface area contributed by atoms with Crippen molar-refractivity contribution in [1.29, 1.82) is 0 Å². The highest BCUT2D eigenvalue weighted by Gasteiger charge is 2.40. The van der Waals surface area contributed by atoms with Crippen molar-refractivity contribution in [3.63, 3.8) is 0 Å². The van der Waals surface area contributed by atoms with E-state index in [1.54, 1.807) is 36.2 Å². The van der Waals surface area contributed by atoms with Gasteiger partial charge in [0.1, 0.15) is 0 Å². The molecular formula is C16H20ClNO3. The van der Waals surface area contributed by atoms with Gasteiger partial charge in [0.15, 0.2) is 0 Å². The monoisotopic (exact) mass is 309 g/mol. The first-order valence-electron chi connectivity index (χ1n) is 7.20. The molecule has 1 aromatic rings. The zero-order valence-electron chi connectivity index (χ0n) is 12.1. The zero-order valence-corrected chi connectivity index (χ0v) is 12.9. The lowest BCUT2D eigenvalue weighted by Gasteiger charge is -2.44.